The van der Waals surface area contributed by atoms with Crippen molar-refractivity contribution in [2.75, 3.05) is 26.7 Å². The van der Waals surface area contributed by atoms with Crippen LogP contribution in [-0.2, 0) is 0 Å². The van der Waals surface area contributed by atoms with E-state index in [-0.39, 0.29) is 0 Å². The average Bonchev–Trinajstić information content (AvgIpc) is 2.48. The van der Waals surface area contributed by atoms with Gasteiger partial charge in [-0.15, -0.1) is 0 Å². The van der Waals surface area contributed by atoms with Crippen molar-refractivity contribution in [2.45, 2.75) is 70.8 Å². The first-order valence-electron chi connectivity index (χ1n) is 9.07. The van der Waals surface area contributed by atoms with Crippen LogP contribution in [0.1, 0.15) is 64.7 Å². The highest BCUT2D eigenvalue weighted by atomic mass is 15.1. The van der Waals surface area contributed by atoms with Gasteiger partial charge in [-0.2, -0.15) is 0 Å². The zero-order chi connectivity index (χ0) is 14.0. The summed E-state index contributed by atoms with van der Waals surface area (Å²) in [5.74, 6) is 2.14. The number of hydrogen-bond donors (Lipinski definition) is 1. The van der Waals surface area contributed by atoms with Gasteiger partial charge < -0.3 is 10.2 Å². The molecular formula is C18H34N2. The average molecular weight is 278 g/mol. The molecule has 3 unspecified atom stereocenters. The molecule has 0 amide bonds. The van der Waals surface area contributed by atoms with E-state index < -0.39 is 0 Å². The fourth-order valence-corrected chi connectivity index (χ4v) is 4.78. The zero-order valence-corrected chi connectivity index (χ0v) is 13.7. The summed E-state index contributed by atoms with van der Waals surface area (Å²) in [6, 6.07) is 0.825. The molecule has 2 heteroatoms. The molecule has 3 aliphatic rings. The number of rotatable bonds is 3. The summed E-state index contributed by atoms with van der Waals surface area (Å²) in [5.41, 5.74) is 0.552. The molecular weight excluding hydrogens is 244 g/mol. The minimum Gasteiger partial charge on any atom is -0.313 e. The third-order valence-corrected chi connectivity index (χ3v) is 6.55. The molecule has 1 saturated heterocycles. The molecule has 0 aromatic rings. The summed E-state index contributed by atoms with van der Waals surface area (Å²) < 4.78 is 0. The van der Waals surface area contributed by atoms with E-state index in [1.165, 1.54) is 77.4 Å². The Morgan fingerprint density at radius 3 is 2.45 bits per heavy atom. The lowest BCUT2D eigenvalue weighted by Crippen LogP contribution is -2.46. The Labute approximate surface area is 125 Å². The van der Waals surface area contributed by atoms with Crippen molar-refractivity contribution in [1.82, 2.24) is 10.2 Å². The number of nitrogens with one attached hydrogen (secondary N) is 1. The van der Waals surface area contributed by atoms with Crippen molar-refractivity contribution < 1.29 is 0 Å². The minimum atomic E-state index is 0.552. The fraction of sp³-hybridized carbons (Fsp3) is 1.00. The molecule has 0 aromatic heterocycles. The Morgan fingerprint density at radius 2 is 1.70 bits per heavy atom. The first kappa shape index (κ1) is 14.8. The quantitative estimate of drug-likeness (QED) is 0.847. The molecule has 0 aromatic carbocycles. The molecule has 2 aliphatic carbocycles. The second-order valence-electron chi connectivity index (χ2n) is 8.31. The molecule has 20 heavy (non-hydrogen) atoms. The first-order chi connectivity index (χ1) is 9.65. The monoisotopic (exact) mass is 278 g/mol. The van der Waals surface area contributed by atoms with Gasteiger partial charge in [0.15, 0.2) is 0 Å². The maximum Gasteiger partial charge on any atom is 0.00701 e. The summed E-state index contributed by atoms with van der Waals surface area (Å²) in [7, 11) is 2.26. The molecule has 3 atom stereocenters. The van der Waals surface area contributed by atoms with Crippen LogP contribution in [-0.4, -0.2) is 37.6 Å². The molecule has 0 spiro atoms. The van der Waals surface area contributed by atoms with Crippen molar-refractivity contribution in [2.24, 2.45) is 17.3 Å². The second-order valence-corrected chi connectivity index (χ2v) is 8.31. The van der Waals surface area contributed by atoms with Crippen molar-refractivity contribution in [3.05, 3.63) is 0 Å². The highest BCUT2D eigenvalue weighted by Crippen LogP contribution is 2.40. The van der Waals surface area contributed by atoms with Crippen LogP contribution in [0.2, 0.25) is 0 Å². The molecule has 0 bridgehead atoms. The largest absolute Gasteiger partial charge is 0.313 e. The highest BCUT2D eigenvalue weighted by molar-refractivity contribution is 4.89. The first-order valence-corrected chi connectivity index (χ1v) is 9.07. The van der Waals surface area contributed by atoms with Crippen LogP contribution < -0.4 is 5.32 Å². The number of nitrogens with zero attached hydrogens (tertiary/aromatic N) is 1. The predicted molar refractivity (Wildman–Crippen MR) is 85.9 cm³/mol. The van der Waals surface area contributed by atoms with E-state index in [1.54, 1.807) is 0 Å². The van der Waals surface area contributed by atoms with Crippen molar-refractivity contribution in [3.8, 4) is 0 Å². The minimum absolute atomic E-state index is 0.552. The fourth-order valence-electron chi connectivity index (χ4n) is 4.78. The number of likely N-dealkylation sites (tertiary alicyclic amines) is 1. The van der Waals surface area contributed by atoms with Gasteiger partial charge in [-0.25, -0.2) is 0 Å². The van der Waals surface area contributed by atoms with Gasteiger partial charge in [-0.1, -0.05) is 32.6 Å². The van der Waals surface area contributed by atoms with Gasteiger partial charge in [-0.05, 0) is 69.5 Å². The van der Waals surface area contributed by atoms with Crippen LogP contribution in [0.15, 0.2) is 0 Å². The third kappa shape index (κ3) is 3.57. The third-order valence-electron chi connectivity index (χ3n) is 6.55. The van der Waals surface area contributed by atoms with Gasteiger partial charge in [0.05, 0.1) is 0 Å². The summed E-state index contributed by atoms with van der Waals surface area (Å²) >= 11 is 0. The van der Waals surface area contributed by atoms with Crippen molar-refractivity contribution in [3.63, 3.8) is 0 Å². The standard InChI is InChI=1S/C18H34N2/c1-18(9-11-20(2)12-10-18)14-19-17-8-7-15-5-3-4-6-16(15)13-17/h15-17,19H,3-14H2,1-2H3. The van der Waals surface area contributed by atoms with Crippen LogP contribution >= 0.6 is 0 Å². The maximum atomic E-state index is 3.96. The molecule has 1 aliphatic heterocycles. The molecule has 116 valence electrons. The number of fused-ring (bicyclic) bond motifs is 1. The van der Waals surface area contributed by atoms with E-state index >= 15 is 0 Å². The van der Waals surface area contributed by atoms with E-state index in [0.717, 1.165) is 17.9 Å². The molecule has 0 radical (unpaired) electrons. The summed E-state index contributed by atoms with van der Waals surface area (Å²) in [6.07, 6.45) is 13.2. The smallest absolute Gasteiger partial charge is 0.00701 e. The lowest BCUT2D eigenvalue weighted by molar-refractivity contribution is 0.110. The summed E-state index contributed by atoms with van der Waals surface area (Å²) in [6.45, 7) is 6.32. The molecule has 1 N–H and O–H groups in total. The Morgan fingerprint density at radius 1 is 1.00 bits per heavy atom. The van der Waals surface area contributed by atoms with E-state index in [0.29, 0.717) is 5.41 Å². The molecule has 3 rings (SSSR count). The van der Waals surface area contributed by atoms with E-state index in [2.05, 4.69) is 24.2 Å². The van der Waals surface area contributed by atoms with Crippen LogP contribution in [0.4, 0.5) is 0 Å². The normalized spacial score (nSPS) is 38.4. The van der Waals surface area contributed by atoms with Gasteiger partial charge in [-0.3, -0.25) is 0 Å². The van der Waals surface area contributed by atoms with E-state index in [1.807, 2.05) is 0 Å². The van der Waals surface area contributed by atoms with Crippen molar-refractivity contribution >= 4 is 0 Å². The van der Waals surface area contributed by atoms with Gasteiger partial charge in [0, 0.05) is 12.6 Å². The topological polar surface area (TPSA) is 15.3 Å². The maximum absolute atomic E-state index is 3.96. The Balaban J connectivity index is 1.44. The molecule has 2 saturated carbocycles. The second kappa shape index (κ2) is 6.36. The van der Waals surface area contributed by atoms with Crippen LogP contribution in [0.25, 0.3) is 0 Å². The lowest BCUT2D eigenvalue weighted by atomic mass is 9.69. The Bertz CT molecular complexity index is 307. The lowest BCUT2D eigenvalue weighted by Gasteiger charge is -2.42. The highest BCUT2D eigenvalue weighted by Gasteiger charge is 2.34. The predicted octanol–water partition coefficient (Wildman–Crippen LogP) is 3.67. The van der Waals surface area contributed by atoms with E-state index in [9.17, 15) is 0 Å². The van der Waals surface area contributed by atoms with Gasteiger partial charge in [0.1, 0.15) is 0 Å². The van der Waals surface area contributed by atoms with Gasteiger partial charge in [0.2, 0.25) is 0 Å². The van der Waals surface area contributed by atoms with Gasteiger partial charge >= 0.3 is 0 Å². The number of hydrogen-bond acceptors (Lipinski definition) is 2. The van der Waals surface area contributed by atoms with E-state index in [4.69, 9.17) is 0 Å². The Hall–Kier alpha value is -0.0800. The number of piperidine rings is 1. The zero-order valence-electron chi connectivity index (χ0n) is 13.7. The summed E-state index contributed by atoms with van der Waals surface area (Å²) in [4.78, 5) is 2.48. The van der Waals surface area contributed by atoms with Gasteiger partial charge in [0.25, 0.3) is 0 Å². The van der Waals surface area contributed by atoms with Crippen molar-refractivity contribution in [1.29, 1.82) is 0 Å². The van der Waals surface area contributed by atoms with Crippen LogP contribution in [0.5, 0.6) is 0 Å². The SMILES string of the molecule is CN1CCC(C)(CNC2CCC3CCCCC3C2)CC1. The molecule has 1 heterocycles. The Kier molecular flexibility index (Phi) is 4.72. The van der Waals surface area contributed by atoms with Crippen LogP contribution in [0, 0.1) is 17.3 Å². The summed E-state index contributed by atoms with van der Waals surface area (Å²) in [5, 5.41) is 3.96. The molecule has 3 fully saturated rings. The van der Waals surface area contributed by atoms with Crippen LogP contribution in [0.3, 0.4) is 0 Å². The molecule has 2 nitrogen and oxygen atoms in total.